The molecule has 1 saturated heterocycles. The smallest absolute Gasteiger partial charge is 0.243 e. The Balaban J connectivity index is 1.42. The number of fused-ring (bicyclic) bond motifs is 1. The van der Waals surface area contributed by atoms with Crippen LogP contribution in [0.1, 0.15) is 5.56 Å². The monoisotopic (exact) mass is 452 g/mol. The predicted molar refractivity (Wildman–Crippen MR) is 106 cm³/mol. The molecule has 2 aromatic carbocycles. The third kappa shape index (κ3) is 3.99. The topological polar surface area (TPSA) is 59.1 Å². The van der Waals surface area contributed by atoms with Crippen molar-refractivity contribution >= 4 is 26.0 Å². The average molecular weight is 453 g/mol. The zero-order valence-corrected chi connectivity index (χ0v) is 17.2. The van der Waals surface area contributed by atoms with E-state index < -0.39 is 10.0 Å². The van der Waals surface area contributed by atoms with E-state index in [0.717, 1.165) is 28.1 Å². The summed E-state index contributed by atoms with van der Waals surface area (Å²) in [6.07, 6.45) is 0. The number of rotatable bonds is 4. The number of hydrogen-bond acceptors (Lipinski definition) is 5. The molecule has 0 unspecified atom stereocenters. The second-order valence-corrected chi connectivity index (χ2v) is 9.37. The van der Waals surface area contributed by atoms with Crippen LogP contribution in [0.25, 0.3) is 0 Å². The number of benzene rings is 2. The molecule has 0 radical (unpaired) electrons. The highest BCUT2D eigenvalue weighted by molar-refractivity contribution is 9.10. The maximum atomic E-state index is 12.7. The van der Waals surface area contributed by atoms with Crippen LogP contribution in [0.4, 0.5) is 0 Å². The number of halogens is 1. The number of ether oxygens (including phenoxy) is 2. The molecule has 8 heteroatoms. The van der Waals surface area contributed by atoms with E-state index in [9.17, 15) is 8.42 Å². The van der Waals surface area contributed by atoms with Crippen molar-refractivity contribution in [3.05, 3.63) is 52.5 Å². The molecule has 6 nitrogen and oxygen atoms in total. The fourth-order valence-electron chi connectivity index (χ4n) is 3.34. The Morgan fingerprint density at radius 2 is 1.56 bits per heavy atom. The maximum Gasteiger partial charge on any atom is 0.243 e. The van der Waals surface area contributed by atoms with Gasteiger partial charge in [0.05, 0.1) is 4.90 Å². The molecule has 0 atom stereocenters. The summed E-state index contributed by atoms with van der Waals surface area (Å²) in [5, 5.41) is 0. The van der Waals surface area contributed by atoms with Gasteiger partial charge in [-0.1, -0.05) is 34.1 Å². The van der Waals surface area contributed by atoms with Gasteiger partial charge < -0.3 is 9.47 Å². The van der Waals surface area contributed by atoms with Crippen LogP contribution in [0.3, 0.4) is 0 Å². The normalized spacial score (nSPS) is 18.4. The van der Waals surface area contributed by atoms with E-state index in [4.69, 9.17) is 9.47 Å². The molecule has 2 aliphatic rings. The first-order valence-electron chi connectivity index (χ1n) is 8.89. The Labute approximate surface area is 167 Å². The van der Waals surface area contributed by atoms with Gasteiger partial charge in [-0.05, 0) is 29.8 Å². The largest absolute Gasteiger partial charge is 0.486 e. The molecule has 4 rings (SSSR count). The summed E-state index contributed by atoms with van der Waals surface area (Å²) in [6, 6.07) is 12.6. The molecular weight excluding hydrogens is 432 g/mol. The van der Waals surface area contributed by atoms with E-state index in [1.54, 1.807) is 28.6 Å². The van der Waals surface area contributed by atoms with E-state index in [1.165, 1.54) is 0 Å². The number of piperazine rings is 1. The Morgan fingerprint density at radius 3 is 2.22 bits per heavy atom. The zero-order chi connectivity index (χ0) is 18.9. The number of sulfonamides is 1. The molecule has 2 heterocycles. The summed E-state index contributed by atoms with van der Waals surface area (Å²) in [4.78, 5) is 2.61. The van der Waals surface area contributed by atoms with Crippen molar-refractivity contribution in [1.29, 1.82) is 0 Å². The molecule has 2 aliphatic heterocycles. The minimum atomic E-state index is -3.42. The van der Waals surface area contributed by atoms with E-state index in [0.29, 0.717) is 44.3 Å². The van der Waals surface area contributed by atoms with E-state index in [2.05, 4.69) is 20.8 Å². The van der Waals surface area contributed by atoms with Crippen LogP contribution in [0.5, 0.6) is 11.5 Å². The lowest BCUT2D eigenvalue weighted by Gasteiger charge is -2.34. The van der Waals surface area contributed by atoms with Crippen molar-refractivity contribution in [2.45, 2.75) is 11.4 Å². The van der Waals surface area contributed by atoms with Gasteiger partial charge in [0, 0.05) is 37.2 Å². The van der Waals surface area contributed by atoms with Crippen LogP contribution in [-0.2, 0) is 16.6 Å². The highest BCUT2D eigenvalue weighted by Gasteiger charge is 2.28. The lowest BCUT2D eigenvalue weighted by Crippen LogP contribution is -2.48. The maximum absolute atomic E-state index is 12.7. The number of hydrogen-bond donors (Lipinski definition) is 0. The summed E-state index contributed by atoms with van der Waals surface area (Å²) in [6.45, 7) is 4.20. The fourth-order valence-corrected chi connectivity index (χ4v) is 5.23. The molecule has 0 N–H and O–H groups in total. The summed E-state index contributed by atoms with van der Waals surface area (Å²) in [5.41, 5.74) is 1.11. The standard InChI is InChI=1S/C19H21BrN2O4S/c20-17-13-19-18(25-10-11-26-19)12-15(17)14-21-6-8-22(9-7-21)27(23,24)16-4-2-1-3-5-16/h1-5,12-13H,6-11,14H2. The van der Waals surface area contributed by atoms with Crippen LogP contribution in [0.2, 0.25) is 0 Å². The van der Waals surface area contributed by atoms with Crippen molar-refractivity contribution < 1.29 is 17.9 Å². The van der Waals surface area contributed by atoms with Crippen molar-refractivity contribution in [3.8, 4) is 11.5 Å². The summed E-state index contributed by atoms with van der Waals surface area (Å²) < 4.78 is 39.3. The molecule has 2 aromatic rings. The van der Waals surface area contributed by atoms with Gasteiger partial charge in [0.25, 0.3) is 0 Å². The van der Waals surface area contributed by atoms with Gasteiger partial charge in [0.1, 0.15) is 13.2 Å². The van der Waals surface area contributed by atoms with Gasteiger partial charge in [0.15, 0.2) is 11.5 Å². The third-order valence-corrected chi connectivity index (χ3v) is 7.47. The van der Waals surface area contributed by atoms with Gasteiger partial charge in [-0.3, -0.25) is 4.90 Å². The molecule has 27 heavy (non-hydrogen) atoms. The van der Waals surface area contributed by atoms with Crippen LogP contribution in [-0.4, -0.2) is 57.0 Å². The molecule has 1 fully saturated rings. The van der Waals surface area contributed by atoms with Crippen molar-refractivity contribution in [2.24, 2.45) is 0 Å². The SMILES string of the molecule is O=S(=O)(c1ccccc1)N1CCN(Cc2cc3c(cc2Br)OCCO3)CC1. The predicted octanol–water partition coefficient (Wildman–Crippen LogP) is 2.73. The molecule has 0 aromatic heterocycles. The lowest BCUT2D eigenvalue weighted by molar-refractivity contribution is 0.168. The summed E-state index contributed by atoms with van der Waals surface area (Å²) >= 11 is 3.61. The van der Waals surface area contributed by atoms with Gasteiger partial charge in [-0.25, -0.2) is 8.42 Å². The first-order valence-corrected chi connectivity index (χ1v) is 11.1. The van der Waals surface area contributed by atoms with Gasteiger partial charge in [0.2, 0.25) is 10.0 Å². The van der Waals surface area contributed by atoms with Crippen molar-refractivity contribution in [1.82, 2.24) is 9.21 Å². The molecule has 0 spiro atoms. The van der Waals surface area contributed by atoms with E-state index in [1.807, 2.05) is 18.2 Å². The van der Waals surface area contributed by atoms with Crippen LogP contribution >= 0.6 is 15.9 Å². The first-order chi connectivity index (χ1) is 13.0. The first kappa shape index (κ1) is 18.7. The highest BCUT2D eigenvalue weighted by atomic mass is 79.9. The molecule has 0 saturated carbocycles. The quantitative estimate of drug-likeness (QED) is 0.713. The van der Waals surface area contributed by atoms with E-state index >= 15 is 0 Å². The van der Waals surface area contributed by atoms with Crippen molar-refractivity contribution in [2.75, 3.05) is 39.4 Å². The molecule has 0 bridgehead atoms. The third-order valence-electron chi connectivity index (χ3n) is 4.82. The van der Waals surface area contributed by atoms with Crippen LogP contribution < -0.4 is 9.47 Å². The Hall–Kier alpha value is -1.61. The molecule has 0 aliphatic carbocycles. The zero-order valence-electron chi connectivity index (χ0n) is 14.8. The Morgan fingerprint density at radius 1 is 0.926 bits per heavy atom. The Bertz CT molecular complexity index is 913. The summed E-state index contributed by atoms with van der Waals surface area (Å²) in [5.74, 6) is 1.53. The fraction of sp³-hybridized carbons (Fsp3) is 0.368. The average Bonchev–Trinajstić information content (AvgIpc) is 2.70. The van der Waals surface area contributed by atoms with Gasteiger partial charge >= 0.3 is 0 Å². The summed E-state index contributed by atoms with van der Waals surface area (Å²) in [7, 11) is -3.42. The molecule has 0 amide bonds. The lowest BCUT2D eigenvalue weighted by atomic mass is 10.1. The van der Waals surface area contributed by atoms with Gasteiger partial charge in [-0.2, -0.15) is 4.31 Å². The second-order valence-electron chi connectivity index (χ2n) is 6.58. The molecule has 144 valence electrons. The van der Waals surface area contributed by atoms with E-state index in [-0.39, 0.29) is 0 Å². The second kappa shape index (κ2) is 7.79. The minimum Gasteiger partial charge on any atom is -0.486 e. The minimum absolute atomic E-state index is 0.355. The molecular formula is C19H21BrN2O4S. The van der Waals surface area contributed by atoms with Crippen molar-refractivity contribution in [3.63, 3.8) is 0 Å². The number of nitrogens with zero attached hydrogens (tertiary/aromatic N) is 2. The van der Waals surface area contributed by atoms with Crippen LogP contribution in [0, 0.1) is 0 Å². The van der Waals surface area contributed by atoms with Crippen LogP contribution in [0.15, 0.2) is 51.8 Å². The highest BCUT2D eigenvalue weighted by Crippen LogP contribution is 2.36. The Kier molecular flexibility index (Phi) is 5.41. The van der Waals surface area contributed by atoms with Gasteiger partial charge in [-0.15, -0.1) is 0 Å².